The summed E-state index contributed by atoms with van der Waals surface area (Å²) in [4.78, 5) is 0. The van der Waals surface area contributed by atoms with E-state index in [2.05, 4.69) is 140 Å². The zero-order valence-electron chi connectivity index (χ0n) is 18.8. The Morgan fingerprint density at radius 2 is 0.824 bits per heavy atom. The maximum absolute atomic E-state index is 4.14. The van der Waals surface area contributed by atoms with Crippen LogP contribution < -0.4 is 31.4 Å². The van der Waals surface area contributed by atoms with Crippen molar-refractivity contribution >= 4 is 25.6 Å². The van der Waals surface area contributed by atoms with Crippen molar-refractivity contribution in [2.24, 2.45) is 0 Å². The van der Waals surface area contributed by atoms with Gasteiger partial charge in [0.1, 0.15) is 0 Å². The molecule has 4 heteroatoms. The molecule has 0 saturated carbocycles. The van der Waals surface area contributed by atoms with E-state index < -0.39 is 17.4 Å². The predicted molar refractivity (Wildman–Crippen MR) is 137 cm³/mol. The van der Waals surface area contributed by atoms with E-state index in [-0.39, 0.29) is 24.8 Å². The van der Waals surface area contributed by atoms with Crippen molar-refractivity contribution in [1.29, 1.82) is 0 Å². The molecule has 4 aromatic rings. The molecule has 0 heterocycles. The monoisotopic (exact) mass is 574 g/mol. The number of fused-ring (bicyclic) bond motifs is 2. The van der Waals surface area contributed by atoms with Crippen LogP contribution in [0.5, 0.6) is 0 Å². The van der Waals surface area contributed by atoms with Gasteiger partial charge in [0, 0.05) is 0 Å². The molecule has 0 aromatic heterocycles. The molecule has 6 rings (SSSR count). The van der Waals surface area contributed by atoms with Gasteiger partial charge in [0.05, 0.1) is 0 Å². The van der Waals surface area contributed by atoms with Gasteiger partial charge in [-0.25, -0.2) is 0 Å². The quantitative estimate of drug-likeness (QED) is 0.286. The van der Waals surface area contributed by atoms with Crippen molar-refractivity contribution in [1.82, 2.24) is 0 Å². The number of halogens is 2. The number of rotatable bonds is 4. The Balaban J connectivity index is 0.00000137. The van der Waals surface area contributed by atoms with Gasteiger partial charge in [0.2, 0.25) is 0 Å². The summed E-state index contributed by atoms with van der Waals surface area (Å²) in [6, 6.07) is 41.1. The van der Waals surface area contributed by atoms with E-state index in [9.17, 15) is 0 Å². The molecule has 0 fully saturated rings. The second-order valence-corrected chi connectivity index (χ2v) is 32.2. The summed E-state index contributed by atoms with van der Waals surface area (Å²) in [5.41, 5.74) is 5.76. The Morgan fingerprint density at radius 1 is 0.471 bits per heavy atom. The first-order valence-corrected chi connectivity index (χ1v) is 22.6. The molecule has 0 spiro atoms. The molecular weight excluding hydrogens is 551 g/mol. The van der Waals surface area contributed by atoms with Crippen LogP contribution in [0.3, 0.4) is 0 Å². The van der Waals surface area contributed by atoms with Crippen molar-refractivity contribution in [2.45, 2.75) is 7.25 Å². The van der Waals surface area contributed by atoms with Crippen molar-refractivity contribution < 1.29 is 42.2 Å². The Kier molecular flexibility index (Phi) is 7.09. The molecule has 168 valence electrons. The molecule has 0 N–H and O–H groups in total. The molecular formula is C30H26Cl2SiZr. The average molecular weight is 577 g/mol. The van der Waals surface area contributed by atoms with E-state index in [4.69, 9.17) is 0 Å². The summed E-state index contributed by atoms with van der Waals surface area (Å²) >= 11 is -4.14. The van der Waals surface area contributed by atoms with E-state index in [1.54, 1.807) is 6.54 Å². The molecule has 0 radical (unpaired) electrons. The van der Waals surface area contributed by atoms with E-state index in [1.165, 1.54) is 22.3 Å². The summed E-state index contributed by atoms with van der Waals surface area (Å²) in [6.07, 6.45) is 9.82. The van der Waals surface area contributed by atoms with Gasteiger partial charge >= 0.3 is 194 Å². The minimum atomic E-state index is -4.14. The van der Waals surface area contributed by atoms with E-state index in [0.29, 0.717) is 7.25 Å². The first-order valence-electron chi connectivity index (χ1n) is 11.4. The fourth-order valence-electron chi connectivity index (χ4n) is 6.39. The molecule has 2 unspecified atom stereocenters. The third kappa shape index (κ3) is 3.42. The molecule has 0 bridgehead atoms. The molecule has 0 aliphatic heterocycles. The van der Waals surface area contributed by atoms with Gasteiger partial charge in [-0.2, -0.15) is 0 Å². The van der Waals surface area contributed by atoms with Crippen LogP contribution in [0.1, 0.15) is 29.5 Å². The third-order valence-electron chi connectivity index (χ3n) is 7.93. The SMILES string of the molecule is [Cl-].[Cl-].[SiH2]=[Zr+2]([c]1ccccc1)([c]1ccccc1)([CH]1C=Cc2ccccc21)[CH]1C=Cc2ccccc21. The van der Waals surface area contributed by atoms with Gasteiger partial charge in [-0.1, -0.05) is 0 Å². The van der Waals surface area contributed by atoms with E-state index in [0.717, 1.165) is 0 Å². The Hall–Kier alpha value is -1.96. The van der Waals surface area contributed by atoms with E-state index in [1.807, 2.05) is 0 Å². The molecule has 2 aliphatic rings. The summed E-state index contributed by atoms with van der Waals surface area (Å²) in [6.45, 7) is 2.40. The van der Waals surface area contributed by atoms with Crippen LogP contribution in [0.2, 0.25) is 0 Å². The molecule has 0 nitrogen and oxygen atoms in total. The Labute approximate surface area is 217 Å². The molecule has 0 saturated heterocycles. The fraction of sp³-hybridized carbons (Fsp3) is 0.0667. The summed E-state index contributed by atoms with van der Waals surface area (Å²) in [5.74, 6) is 0. The van der Waals surface area contributed by atoms with Crippen LogP contribution in [0.15, 0.2) is 121 Å². The first kappa shape index (κ1) is 25.1. The summed E-state index contributed by atoms with van der Waals surface area (Å²) in [5, 5.41) is 0. The summed E-state index contributed by atoms with van der Waals surface area (Å²) < 4.78 is 3.96. The molecule has 0 amide bonds. The normalized spacial score (nSPS) is 17.2. The zero-order chi connectivity index (χ0) is 21.6. The van der Waals surface area contributed by atoms with Gasteiger partial charge < -0.3 is 24.8 Å². The topological polar surface area (TPSA) is 0 Å². The maximum atomic E-state index is 2.54. The number of allylic oxidation sites excluding steroid dienone is 2. The summed E-state index contributed by atoms with van der Waals surface area (Å²) in [7, 11) is 0. The fourth-order valence-corrected chi connectivity index (χ4v) is 30.9. The van der Waals surface area contributed by atoms with Crippen LogP contribution in [0.25, 0.3) is 12.2 Å². The van der Waals surface area contributed by atoms with Crippen molar-refractivity contribution in [3.05, 3.63) is 144 Å². The molecule has 4 aromatic carbocycles. The standard InChI is InChI=1S/2C9H7.2C6H5.2ClH.H2Si.Zr/c2*1-2-5-9-7-3-6-8(9)4-1;2*1-2-4-6-5-3-1;;;;/h2*1-7H;2*1-5H;2*1H;1H2;/q;;;;;;;+2/p-2. The van der Waals surface area contributed by atoms with Crippen LogP contribution in [0, 0.1) is 0 Å². The number of hydrogen-bond acceptors (Lipinski definition) is 0. The van der Waals surface area contributed by atoms with Crippen LogP contribution in [-0.4, -0.2) is 6.88 Å². The van der Waals surface area contributed by atoms with Crippen molar-refractivity contribution in [3.8, 4) is 0 Å². The average Bonchev–Trinajstić information content (AvgIpc) is 3.50. The van der Waals surface area contributed by atoms with Gasteiger partial charge in [-0.15, -0.1) is 0 Å². The van der Waals surface area contributed by atoms with E-state index >= 15 is 0 Å². The molecule has 2 aliphatic carbocycles. The van der Waals surface area contributed by atoms with Gasteiger partial charge in [0.15, 0.2) is 0 Å². The minimum absolute atomic E-state index is 0. The van der Waals surface area contributed by atoms with Crippen molar-refractivity contribution in [2.75, 3.05) is 0 Å². The Bertz CT molecular complexity index is 1330. The van der Waals surface area contributed by atoms with Crippen LogP contribution >= 0.6 is 0 Å². The van der Waals surface area contributed by atoms with Crippen LogP contribution in [0.4, 0.5) is 0 Å². The second kappa shape index (κ2) is 9.59. The van der Waals surface area contributed by atoms with Gasteiger partial charge in [0.25, 0.3) is 0 Å². The number of hydrogen-bond donors (Lipinski definition) is 0. The zero-order valence-corrected chi connectivity index (χ0v) is 24.2. The Morgan fingerprint density at radius 3 is 1.24 bits per heavy atom. The van der Waals surface area contributed by atoms with Crippen molar-refractivity contribution in [3.63, 3.8) is 0 Å². The first-order chi connectivity index (χ1) is 15.7. The molecule has 34 heavy (non-hydrogen) atoms. The van der Waals surface area contributed by atoms with Gasteiger partial charge in [-0.3, -0.25) is 0 Å². The second-order valence-electron chi connectivity index (χ2n) is 9.29. The van der Waals surface area contributed by atoms with Crippen LogP contribution in [-0.2, 0) is 17.4 Å². The predicted octanol–water partition coefficient (Wildman–Crippen LogP) is -0.581. The third-order valence-corrected chi connectivity index (χ3v) is 35.8. The van der Waals surface area contributed by atoms with Gasteiger partial charge in [-0.05, 0) is 0 Å². The number of benzene rings is 4. The molecule has 2 atom stereocenters.